The number of anilines is 1. The minimum atomic E-state index is -6.38. The number of likely N-dealkylation sites (tertiary alicyclic amines) is 1. The van der Waals surface area contributed by atoms with E-state index in [-0.39, 0.29) is 60.9 Å². The number of nitrogens with one attached hydrogen (secondary N) is 1. The fourth-order valence-electron chi connectivity index (χ4n) is 6.67. The van der Waals surface area contributed by atoms with E-state index in [4.69, 9.17) is 4.74 Å². The molecule has 0 radical (unpaired) electrons. The van der Waals surface area contributed by atoms with Crippen LogP contribution in [0.4, 0.5) is 40.8 Å². The number of amides is 2. The fraction of sp³-hybridized carbons (Fsp3) is 0.333. The molecule has 3 aromatic rings. The Balaban J connectivity index is 1.49. The Kier molecular flexibility index (Phi) is 7.18. The standard InChI is InChI=1S/C30H22F8N2O5S/c31-19-4-6-20(7-5-19)46(43,44)27-11-12-40(26(42)17-1-9-22-23(14-17)45-15-25(41)39-22)24(27)10-2-16-13-18(3-8-21(16)27)28(32,29(33,34)35)30(36,37)38/h1,3-9,13-14,24H,2,10-12,15H2,(H,39,41)/t24-,27-/m0/s1. The monoisotopic (exact) mass is 674 g/mol. The van der Waals surface area contributed by atoms with E-state index in [1.54, 1.807) is 0 Å². The van der Waals surface area contributed by atoms with Gasteiger partial charge in [0.2, 0.25) is 0 Å². The minimum absolute atomic E-state index is 0.0589. The van der Waals surface area contributed by atoms with Crippen molar-refractivity contribution in [1.82, 2.24) is 4.90 Å². The molecule has 46 heavy (non-hydrogen) atoms. The van der Waals surface area contributed by atoms with Crippen LogP contribution in [0.15, 0.2) is 65.6 Å². The SMILES string of the molecule is O=C1COc2cc(C(=O)N3CC[C@]4(S(=O)(=O)c5ccc(F)cc5)c5ccc(C(F)(C(F)(F)F)C(F)(F)F)cc5CC[C@H]34)ccc2N1. The van der Waals surface area contributed by atoms with Crippen molar-refractivity contribution >= 4 is 27.3 Å². The Morgan fingerprint density at radius 1 is 0.935 bits per heavy atom. The quantitative estimate of drug-likeness (QED) is 0.272. The van der Waals surface area contributed by atoms with Crippen LogP contribution < -0.4 is 10.1 Å². The van der Waals surface area contributed by atoms with E-state index in [1.165, 1.54) is 23.1 Å². The number of halogens is 8. The number of ether oxygens (including phenoxy) is 1. The van der Waals surface area contributed by atoms with Crippen LogP contribution in [0.25, 0.3) is 0 Å². The lowest BCUT2D eigenvalue weighted by Gasteiger charge is -2.43. The molecule has 0 unspecified atom stereocenters. The molecular formula is C30H22F8N2O5S. The zero-order valence-electron chi connectivity index (χ0n) is 23.3. The van der Waals surface area contributed by atoms with Crippen molar-refractivity contribution in [1.29, 1.82) is 0 Å². The number of carbonyl (C=O) groups excluding carboxylic acids is 2. The van der Waals surface area contributed by atoms with E-state index < -0.39 is 66.7 Å². The molecule has 1 fully saturated rings. The first-order chi connectivity index (χ1) is 21.4. The summed E-state index contributed by atoms with van der Waals surface area (Å²) in [6.07, 6.45) is -13.6. The lowest BCUT2D eigenvalue weighted by atomic mass is 9.76. The van der Waals surface area contributed by atoms with Crippen LogP contribution in [0.2, 0.25) is 0 Å². The highest BCUT2D eigenvalue weighted by Gasteiger charge is 2.74. The third kappa shape index (κ3) is 4.54. The van der Waals surface area contributed by atoms with Crippen LogP contribution in [0.3, 0.4) is 0 Å². The molecule has 1 N–H and O–H groups in total. The Morgan fingerprint density at radius 2 is 1.61 bits per heavy atom. The van der Waals surface area contributed by atoms with Crippen LogP contribution in [0.5, 0.6) is 5.75 Å². The largest absolute Gasteiger partial charge is 0.482 e. The Morgan fingerprint density at radius 3 is 2.26 bits per heavy atom. The molecule has 1 saturated heterocycles. The van der Waals surface area contributed by atoms with Crippen molar-refractivity contribution in [2.75, 3.05) is 18.5 Å². The van der Waals surface area contributed by atoms with Crippen LogP contribution in [-0.4, -0.2) is 56.7 Å². The average molecular weight is 675 g/mol. The predicted molar refractivity (Wildman–Crippen MR) is 145 cm³/mol. The first kappa shape index (κ1) is 31.8. The maximum absolute atomic E-state index is 15.0. The molecule has 16 heteroatoms. The van der Waals surface area contributed by atoms with Crippen LogP contribution in [0.1, 0.15) is 39.9 Å². The van der Waals surface area contributed by atoms with Gasteiger partial charge in [-0.25, -0.2) is 17.2 Å². The lowest BCUT2D eigenvalue weighted by Crippen LogP contribution is -2.53. The number of sulfone groups is 1. The molecule has 0 aromatic heterocycles. The van der Waals surface area contributed by atoms with Crippen molar-refractivity contribution in [2.45, 2.75) is 53.0 Å². The number of carbonyl (C=O) groups is 2. The Hall–Kier alpha value is -4.21. The number of benzene rings is 3. The van der Waals surface area contributed by atoms with E-state index in [0.29, 0.717) is 11.8 Å². The van der Waals surface area contributed by atoms with Gasteiger partial charge in [-0.1, -0.05) is 18.2 Å². The Labute approximate surface area is 256 Å². The van der Waals surface area contributed by atoms with Gasteiger partial charge in [0.15, 0.2) is 16.4 Å². The second-order valence-corrected chi connectivity index (χ2v) is 13.4. The van der Waals surface area contributed by atoms with E-state index in [0.717, 1.165) is 30.3 Å². The van der Waals surface area contributed by atoms with Crippen molar-refractivity contribution < 1.29 is 57.9 Å². The predicted octanol–water partition coefficient (Wildman–Crippen LogP) is 5.98. The molecule has 2 amide bonds. The summed E-state index contributed by atoms with van der Waals surface area (Å²) in [6.45, 7) is -0.504. The van der Waals surface area contributed by atoms with Gasteiger partial charge in [-0.3, -0.25) is 9.59 Å². The molecule has 2 atom stereocenters. The molecule has 244 valence electrons. The molecule has 7 nitrogen and oxygen atoms in total. The third-order valence-electron chi connectivity index (χ3n) is 8.79. The van der Waals surface area contributed by atoms with E-state index in [2.05, 4.69) is 5.32 Å². The summed E-state index contributed by atoms with van der Waals surface area (Å²) in [5.41, 5.74) is -7.58. The van der Waals surface area contributed by atoms with Gasteiger partial charge in [0.25, 0.3) is 11.8 Å². The van der Waals surface area contributed by atoms with Crippen LogP contribution in [-0.2, 0) is 31.5 Å². The molecule has 1 aliphatic carbocycles. The number of aryl methyl sites for hydroxylation is 1. The summed E-state index contributed by atoms with van der Waals surface area (Å²) in [6, 6.07) is 8.05. The first-order valence-corrected chi connectivity index (χ1v) is 15.2. The maximum Gasteiger partial charge on any atom is 0.435 e. The number of hydrogen-bond donors (Lipinski definition) is 1. The third-order valence-corrected chi connectivity index (χ3v) is 11.3. The molecule has 0 spiro atoms. The van der Waals surface area contributed by atoms with Gasteiger partial charge < -0.3 is 15.0 Å². The summed E-state index contributed by atoms with van der Waals surface area (Å²) in [4.78, 5) is 26.4. The maximum atomic E-state index is 15.0. The normalized spacial score (nSPS) is 21.5. The average Bonchev–Trinajstić information content (AvgIpc) is 3.40. The number of fused-ring (bicyclic) bond motifs is 4. The van der Waals surface area contributed by atoms with E-state index in [1.807, 2.05) is 0 Å². The van der Waals surface area contributed by atoms with Crippen molar-refractivity contribution in [2.24, 2.45) is 0 Å². The number of nitrogens with zero attached hydrogens (tertiary/aromatic N) is 1. The molecule has 2 aliphatic heterocycles. The zero-order valence-corrected chi connectivity index (χ0v) is 24.1. The van der Waals surface area contributed by atoms with Gasteiger partial charge >= 0.3 is 18.0 Å². The summed E-state index contributed by atoms with van der Waals surface area (Å²) >= 11 is 0. The molecular weight excluding hydrogens is 652 g/mol. The van der Waals surface area contributed by atoms with Crippen molar-refractivity contribution in [3.05, 3.63) is 88.7 Å². The van der Waals surface area contributed by atoms with Crippen molar-refractivity contribution in [3.63, 3.8) is 0 Å². The number of alkyl halides is 7. The second-order valence-electron chi connectivity index (χ2n) is 11.2. The summed E-state index contributed by atoms with van der Waals surface area (Å²) in [5, 5.41) is 2.57. The van der Waals surface area contributed by atoms with Crippen LogP contribution in [0, 0.1) is 5.82 Å². The Bertz CT molecular complexity index is 1850. The van der Waals surface area contributed by atoms with Crippen molar-refractivity contribution in [3.8, 4) is 5.75 Å². The highest BCUT2D eigenvalue weighted by Crippen LogP contribution is 2.57. The van der Waals surface area contributed by atoms with Gasteiger partial charge in [-0.15, -0.1) is 0 Å². The van der Waals surface area contributed by atoms with Gasteiger partial charge in [0.1, 0.15) is 16.3 Å². The van der Waals surface area contributed by atoms with E-state index >= 15 is 4.39 Å². The summed E-state index contributed by atoms with van der Waals surface area (Å²) in [5.74, 6) is -1.66. The fourth-order valence-corrected chi connectivity index (χ4v) is 9.04. The van der Waals surface area contributed by atoms with E-state index in [9.17, 15) is 48.7 Å². The topological polar surface area (TPSA) is 92.8 Å². The lowest BCUT2D eigenvalue weighted by molar-refractivity contribution is -0.348. The molecule has 6 rings (SSSR count). The zero-order chi connectivity index (χ0) is 33.4. The molecule has 0 saturated carbocycles. The number of hydrogen-bond acceptors (Lipinski definition) is 5. The highest BCUT2D eigenvalue weighted by molar-refractivity contribution is 7.92. The summed E-state index contributed by atoms with van der Waals surface area (Å²) < 4.78 is 142. The molecule has 3 aromatic carbocycles. The van der Waals surface area contributed by atoms with Gasteiger partial charge in [-0.05, 0) is 72.9 Å². The smallest absolute Gasteiger partial charge is 0.435 e. The first-order valence-electron chi connectivity index (χ1n) is 13.8. The number of rotatable bonds is 4. The highest BCUT2D eigenvalue weighted by atomic mass is 32.2. The molecule has 2 heterocycles. The van der Waals surface area contributed by atoms with Gasteiger partial charge in [-0.2, -0.15) is 26.3 Å². The van der Waals surface area contributed by atoms with Gasteiger partial charge in [0, 0.05) is 17.7 Å². The minimum Gasteiger partial charge on any atom is -0.482 e. The molecule has 3 aliphatic rings. The van der Waals surface area contributed by atoms with Gasteiger partial charge in [0.05, 0.1) is 16.6 Å². The second kappa shape index (κ2) is 10.4. The van der Waals surface area contributed by atoms with Crippen LogP contribution >= 0.6 is 0 Å². The molecule has 0 bridgehead atoms. The summed E-state index contributed by atoms with van der Waals surface area (Å²) in [7, 11) is -4.64.